The minimum atomic E-state index is -0.0527. The van der Waals surface area contributed by atoms with Crippen LogP contribution in [0.5, 0.6) is 0 Å². The monoisotopic (exact) mass is 418 g/mol. The van der Waals surface area contributed by atoms with E-state index in [9.17, 15) is 9.59 Å². The maximum Gasteiger partial charge on any atom is 0.241 e. The number of benzene rings is 2. The zero-order valence-electron chi connectivity index (χ0n) is 17.8. The van der Waals surface area contributed by atoms with Crippen molar-refractivity contribution in [2.24, 2.45) is 5.92 Å². The molecule has 1 aliphatic rings. The predicted octanol–water partition coefficient (Wildman–Crippen LogP) is 4.10. The molecule has 0 radical (unpaired) electrons. The van der Waals surface area contributed by atoms with Gasteiger partial charge in [-0.05, 0) is 51.9 Å². The molecule has 1 amide bonds. The first-order valence-corrected chi connectivity index (χ1v) is 10.5. The van der Waals surface area contributed by atoms with Crippen molar-refractivity contribution in [2.75, 3.05) is 18.4 Å². The van der Waals surface area contributed by atoms with Gasteiger partial charge in [-0.1, -0.05) is 47.1 Å². The molecule has 1 aromatic heterocycles. The summed E-state index contributed by atoms with van der Waals surface area (Å²) in [5.41, 5.74) is 3.38. The summed E-state index contributed by atoms with van der Waals surface area (Å²) in [6.45, 7) is 5.71. The molecule has 31 heavy (non-hydrogen) atoms. The molecule has 0 bridgehead atoms. The summed E-state index contributed by atoms with van der Waals surface area (Å²) in [4.78, 5) is 30.9. The van der Waals surface area contributed by atoms with Gasteiger partial charge in [0, 0.05) is 22.7 Å². The van der Waals surface area contributed by atoms with Crippen molar-refractivity contribution in [2.45, 2.75) is 33.2 Å². The SMILES string of the molecule is CC(=O)c1cccc(NC(=O)C2CCN(Cc3nc(-c4ccc(C)cc4)no3)CC2)c1. The molecule has 0 atom stereocenters. The number of Topliss-reactive ketones (excluding diaryl/α,β-unsaturated/α-hetero) is 1. The number of hydrogen-bond acceptors (Lipinski definition) is 6. The number of nitrogens with zero attached hydrogens (tertiary/aromatic N) is 3. The van der Waals surface area contributed by atoms with Crippen molar-refractivity contribution in [3.8, 4) is 11.4 Å². The third kappa shape index (κ3) is 5.24. The fourth-order valence-electron chi connectivity index (χ4n) is 3.74. The highest BCUT2D eigenvalue weighted by Crippen LogP contribution is 2.22. The summed E-state index contributed by atoms with van der Waals surface area (Å²) in [5.74, 6) is 1.11. The number of nitrogens with one attached hydrogen (secondary N) is 1. The van der Waals surface area contributed by atoms with Gasteiger partial charge < -0.3 is 9.84 Å². The van der Waals surface area contributed by atoms with E-state index < -0.39 is 0 Å². The van der Waals surface area contributed by atoms with Crippen LogP contribution in [0, 0.1) is 12.8 Å². The van der Waals surface area contributed by atoms with Gasteiger partial charge in [0.05, 0.1) is 6.54 Å². The summed E-state index contributed by atoms with van der Waals surface area (Å²) in [6, 6.07) is 15.1. The summed E-state index contributed by atoms with van der Waals surface area (Å²) >= 11 is 0. The molecular formula is C24H26N4O3. The highest BCUT2D eigenvalue weighted by molar-refractivity contribution is 5.97. The lowest BCUT2D eigenvalue weighted by molar-refractivity contribution is -0.121. The topological polar surface area (TPSA) is 88.3 Å². The van der Waals surface area contributed by atoms with Crippen molar-refractivity contribution in [1.82, 2.24) is 15.0 Å². The van der Waals surface area contributed by atoms with E-state index in [0.717, 1.165) is 31.5 Å². The molecule has 1 N–H and O–H groups in total. The first-order valence-electron chi connectivity index (χ1n) is 10.5. The first-order chi connectivity index (χ1) is 15.0. The second kappa shape index (κ2) is 9.22. The Bertz CT molecular complexity index is 1070. The Hall–Kier alpha value is -3.32. The fourth-order valence-corrected chi connectivity index (χ4v) is 3.74. The number of aryl methyl sites for hydroxylation is 1. The van der Waals surface area contributed by atoms with Crippen LogP contribution in [0.1, 0.15) is 41.6 Å². The molecule has 4 rings (SSSR count). The fraction of sp³-hybridized carbons (Fsp3) is 0.333. The zero-order chi connectivity index (χ0) is 21.8. The number of ketones is 1. The molecule has 160 valence electrons. The van der Waals surface area contributed by atoms with E-state index >= 15 is 0 Å². The van der Waals surface area contributed by atoms with Gasteiger partial charge in [0.1, 0.15) is 0 Å². The first kappa shape index (κ1) is 20.9. The quantitative estimate of drug-likeness (QED) is 0.607. The number of carbonyl (C=O) groups excluding carboxylic acids is 2. The second-order valence-electron chi connectivity index (χ2n) is 8.05. The second-order valence-corrected chi connectivity index (χ2v) is 8.05. The van der Waals surface area contributed by atoms with Crippen LogP contribution in [0.3, 0.4) is 0 Å². The average molecular weight is 418 g/mol. The van der Waals surface area contributed by atoms with Crippen LogP contribution in [0.15, 0.2) is 53.1 Å². The molecule has 7 heteroatoms. The largest absolute Gasteiger partial charge is 0.338 e. The lowest BCUT2D eigenvalue weighted by Crippen LogP contribution is -2.37. The van der Waals surface area contributed by atoms with Crippen LogP contribution in [-0.2, 0) is 11.3 Å². The lowest BCUT2D eigenvalue weighted by Gasteiger charge is -2.30. The van der Waals surface area contributed by atoms with Gasteiger partial charge in [0.25, 0.3) is 0 Å². The number of rotatable bonds is 6. The summed E-state index contributed by atoms with van der Waals surface area (Å²) < 4.78 is 5.43. The third-order valence-electron chi connectivity index (χ3n) is 5.63. The van der Waals surface area contributed by atoms with E-state index in [1.807, 2.05) is 31.2 Å². The smallest absolute Gasteiger partial charge is 0.241 e. The Balaban J connectivity index is 1.29. The van der Waals surface area contributed by atoms with Gasteiger partial charge in [-0.15, -0.1) is 0 Å². The molecule has 0 saturated carbocycles. The number of amides is 1. The molecule has 7 nitrogen and oxygen atoms in total. The molecule has 0 spiro atoms. The van der Waals surface area contributed by atoms with E-state index in [4.69, 9.17) is 4.52 Å². The maximum absolute atomic E-state index is 12.6. The molecule has 3 aromatic rings. The van der Waals surface area contributed by atoms with E-state index in [1.165, 1.54) is 12.5 Å². The Morgan fingerprint density at radius 2 is 1.87 bits per heavy atom. The maximum atomic E-state index is 12.6. The molecule has 1 saturated heterocycles. The zero-order valence-corrected chi connectivity index (χ0v) is 17.8. The Morgan fingerprint density at radius 1 is 1.13 bits per heavy atom. The van der Waals surface area contributed by atoms with Crippen LogP contribution in [0.4, 0.5) is 5.69 Å². The third-order valence-corrected chi connectivity index (χ3v) is 5.63. The number of likely N-dealkylation sites (tertiary alicyclic amines) is 1. The molecule has 0 aliphatic carbocycles. The lowest BCUT2D eigenvalue weighted by atomic mass is 9.95. The normalized spacial score (nSPS) is 15.0. The van der Waals surface area contributed by atoms with Crippen molar-refractivity contribution in [3.63, 3.8) is 0 Å². The number of carbonyl (C=O) groups is 2. The van der Waals surface area contributed by atoms with Gasteiger partial charge >= 0.3 is 0 Å². The van der Waals surface area contributed by atoms with Crippen molar-refractivity contribution in [1.29, 1.82) is 0 Å². The highest BCUT2D eigenvalue weighted by atomic mass is 16.5. The van der Waals surface area contributed by atoms with E-state index in [0.29, 0.717) is 29.5 Å². The summed E-state index contributed by atoms with van der Waals surface area (Å²) in [6.07, 6.45) is 1.52. The van der Waals surface area contributed by atoms with Gasteiger partial charge in [-0.3, -0.25) is 14.5 Å². The Kier molecular flexibility index (Phi) is 6.23. The minimum absolute atomic E-state index is 0.000186. The molecule has 2 heterocycles. The van der Waals surface area contributed by atoms with Crippen molar-refractivity contribution < 1.29 is 14.1 Å². The van der Waals surface area contributed by atoms with Crippen LogP contribution >= 0.6 is 0 Å². The summed E-state index contributed by atoms with van der Waals surface area (Å²) in [5, 5.41) is 7.04. The van der Waals surface area contributed by atoms with Crippen molar-refractivity contribution >= 4 is 17.4 Å². The summed E-state index contributed by atoms with van der Waals surface area (Å²) in [7, 11) is 0. The van der Waals surface area contributed by atoms with Crippen molar-refractivity contribution in [3.05, 3.63) is 65.5 Å². The van der Waals surface area contributed by atoms with Crippen LogP contribution in [0.2, 0.25) is 0 Å². The minimum Gasteiger partial charge on any atom is -0.338 e. The standard InChI is InChI=1S/C24H26N4O3/c1-16-6-8-18(9-7-16)23-26-22(31-27-23)15-28-12-10-19(11-13-28)24(30)25-21-5-3-4-20(14-21)17(2)29/h3-9,14,19H,10-13,15H2,1-2H3,(H,25,30). The Morgan fingerprint density at radius 3 is 2.58 bits per heavy atom. The number of piperidine rings is 1. The number of aromatic nitrogens is 2. The molecule has 2 aromatic carbocycles. The molecular weight excluding hydrogens is 392 g/mol. The van der Waals surface area contributed by atoms with E-state index in [1.54, 1.807) is 24.3 Å². The van der Waals surface area contributed by atoms with E-state index in [-0.39, 0.29) is 17.6 Å². The predicted molar refractivity (Wildman–Crippen MR) is 118 cm³/mol. The van der Waals surface area contributed by atoms with Gasteiger partial charge in [-0.2, -0.15) is 4.98 Å². The Labute approximate surface area is 181 Å². The molecule has 0 unspecified atom stereocenters. The number of hydrogen-bond donors (Lipinski definition) is 1. The molecule has 1 aliphatic heterocycles. The number of anilines is 1. The van der Waals surface area contributed by atoms with Crippen LogP contribution in [0.25, 0.3) is 11.4 Å². The molecule has 1 fully saturated rings. The van der Waals surface area contributed by atoms with E-state index in [2.05, 4.69) is 20.4 Å². The average Bonchev–Trinajstić information content (AvgIpc) is 3.23. The van der Waals surface area contributed by atoms with Crippen LogP contribution in [-0.4, -0.2) is 39.8 Å². The van der Waals surface area contributed by atoms with Crippen LogP contribution < -0.4 is 5.32 Å². The highest BCUT2D eigenvalue weighted by Gasteiger charge is 2.26. The van der Waals surface area contributed by atoms with Gasteiger partial charge in [0.2, 0.25) is 17.6 Å². The van der Waals surface area contributed by atoms with Gasteiger partial charge in [0.15, 0.2) is 5.78 Å². The van der Waals surface area contributed by atoms with Gasteiger partial charge in [-0.25, -0.2) is 0 Å².